The van der Waals surface area contributed by atoms with Crippen molar-refractivity contribution in [2.24, 2.45) is 0 Å². The van der Waals surface area contributed by atoms with Crippen molar-refractivity contribution in [1.82, 2.24) is 10.3 Å². The number of para-hydroxylation sites is 1. The van der Waals surface area contributed by atoms with Gasteiger partial charge in [0.2, 0.25) is 0 Å². The Kier molecular flexibility index (Phi) is 3.75. The number of nitrogens with zero attached hydrogens (tertiary/aromatic N) is 1. The second-order valence-electron chi connectivity index (χ2n) is 4.13. The summed E-state index contributed by atoms with van der Waals surface area (Å²) in [7, 11) is 1.27. The number of benzene rings is 1. The molecule has 1 amide bonds. The quantitative estimate of drug-likeness (QED) is 0.846. The standard InChI is InChI=1S/C14H14N2O3/c1-9-4-3-5-10-6-11(7-15-13(9)10)14(18)16-8-12(17)19-2/h3-7H,8H2,1-2H3,(H,16,18). The van der Waals surface area contributed by atoms with E-state index in [1.807, 2.05) is 25.1 Å². The van der Waals surface area contributed by atoms with Crippen LogP contribution in [0.4, 0.5) is 0 Å². The number of esters is 1. The highest BCUT2D eigenvalue weighted by Gasteiger charge is 2.09. The zero-order valence-electron chi connectivity index (χ0n) is 10.8. The Morgan fingerprint density at radius 2 is 2.16 bits per heavy atom. The van der Waals surface area contributed by atoms with Crippen LogP contribution in [0, 0.1) is 6.92 Å². The van der Waals surface area contributed by atoms with E-state index in [1.165, 1.54) is 13.3 Å². The van der Waals surface area contributed by atoms with Crippen LogP contribution in [0.15, 0.2) is 30.5 Å². The normalized spacial score (nSPS) is 10.2. The molecule has 0 aliphatic rings. The largest absolute Gasteiger partial charge is 0.468 e. The third-order valence-corrected chi connectivity index (χ3v) is 2.80. The molecular formula is C14H14N2O3. The number of nitrogens with one attached hydrogen (secondary N) is 1. The summed E-state index contributed by atoms with van der Waals surface area (Å²) in [5.41, 5.74) is 2.34. The van der Waals surface area contributed by atoms with Crippen LogP contribution < -0.4 is 5.32 Å². The van der Waals surface area contributed by atoms with Crippen LogP contribution in [0.3, 0.4) is 0 Å². The van der Waals surface area contributed by atoms with E-state index in [9.17, 15) is 9.59 Å². The van der Waals surface area contributed by atoms with Crippen molar-refractivity contribution in [2.45, 2.75) is 6.92 Å². The number of methoxy groups -OCH3 is 1. The molecule has 0 saturated carbocycles. The third kappa shape index (κ3) is 2.88. The summed E-state index contributed by atoms with van der Waals surface area (Å²) < 4.78 is 4.45. The SMILES string of the molecule is COC(=O)CNC(=O)c1cnc2c(C)cccc2c1. The van der Waals surface area contributed by atoms with Crippen LogP contribution in [-0.4, -0.2) is 30.5 Å². The highest BCUT2D eigenvalue weighted by molar-refractivity contribution is 5.98. The van der Waals surface area contributed by atoms with Crippen molar-refractivity contribution in [2.75, 3.05) is 13.7 Å². The molecule has 0 bridgehead atoms. The van der Waals surface area contributed by atoms with Crippen molar-refractivity contribution in [3.63, 3.8) is 0 Å². The van der Waals surface area contributed by atoms with Gasteiger partial charge in [0.05, 0.1) is 18.2 Å². The summed E-state index contributed by atoms with van der Waals surface area (Å²) in [6, 6.07) is 7.52. The predicted octanol–water partition coefficient (Wildman–Crippen LogP) is 1.45. The fourth-order valence-corrected chi connectivity index (χ4v) is 1.76. The fraction of sp³-hybridized carbons (Fsp3) is 0.214. The van der Waals surface area contributed by atoms with Crippen LogP contribution in [0.25, 0.3) is 10.9 Å². The maximum atomic E-state index is 11.8. The number of carbonyl (C=O) groups excluding carboxylic acids is 2. The topological polar surface area (TPSA) is 68.3 Å². The van der Waals surface area contributed by atoms with Gasteiger partial charge in [0.25, 0.3) is 5.91 Å². The molecule has 0 radical (unpaired) electrons. The van der Waals surface area contributed by atoms with Crippen LogP contribution in [-0.2, 0) is 9.53 Å². The lowest BCUT2D eigenvalue weighted by Crippen LogP contribution is -2.30. The molecule has 1 aromatic carbocycles. The van der Waals surface area contributed by atoms with Crippen molar-refractivity contribution >= 4 is 22.8 Å². The van der Waals surface area contributed by atoms with Crippen molar-refractivity contribution in [3.05, 3.63) is 41.6 Å². The predicted molar refractivity (Wildman–Crippen MR) is 70.8 cm³/mol. The lowest BCUT2D eigenvalue weighted by Gasteiger charge is -2.06. The Balaban J connectivity index is 2.21. The zero-order chi connectivity index (χ0) is 13.8. The number of carbonyl (C=O) groups is 2. The third-order valence-electron chi connectivity index (χ3n) is 2.80. The molecule has 0 aliphatic heterocycles. The highest BCUT2D eigenvalue weighted by Crippen LogP contribution is 2.16. The number of rotatable bonds is 3. The Bertz CT molecular complexity index is 638. The number of amides is 1. The average molecular weight is 258 g/mol. The summed E-state index contributed by atoms with van der Waals surface area (Å²) in [5, 5.41) is 3.37. The first-order valence-electron chi connectivity index (χ1n) is 5.82. The second kappa shape index (κ2) is 5.48. The number of ether oxygens (including phenoxy) is 1. The van der Waals surface area contributed by atoms with E-state index in [0.29, 0.717) is 5.56 Å². The van der Waals surface area contributed by atoms with E-state index in [2.05, 4.69) is 15.0 Å². The molecule has 5 nitrogen and oxygen atoms in total. The molecule has 0 aliphatic carbocycles. The Hall–Kier alpha value is -2.43. The van der Waals surface area contributed by atoms with Gasteiger partial charge in [-0.05, 0) is 18.6 Å². The number of aryl methyl sites for hydroxylation is 1. The van der Waals surface area contributed by atoms with Gasteiger partial charge in [0.1, 0.15) is 6.54 Å². The minimum atomic E-state index is -0.488. The Labute approximate surface area is 110 Å². The number of aromatic nitrogens is 1. The smallest absolute Gasteiger partial charge is 0.325 e. The minimum absolute atomic E-state index is 0.152. The lowest BCUT2D eigenvalue weighted by atomic mass is 10.1. The molecule has 0 spiro atoms. The molecule has 2 aromatic rings. The molecule has 1 heterocycles. The zero-order valence-corrected chi connectivity index (χ0v) is 10.8. The molecule has 0 fully saturated rings. The Morgan fingerprint density at radius 3 is 2.89 bits per heavy atom. The molecule has 0 saturated heterocycles. The van der Waals surface area contributed by atoms with E-state index in [-0.39, 0.29) is 12.5 Å². The van der Waals surface area contributed by atoms with Crippen LogP contribution in [0.5, 0.6) is 0 Å². The first-order chi connectivity index (χ1) is 9.11. The summed E-state index contributed by atoms with van der Waals surface area (Å²) in [4.78, 5) is 27.1. The number of pyridine rings is 1. The van der Waals surface area contributed by atoms with Gasteiger partial charge >= 0.3 is 5.97 Å². The number of fused-ring (bicyclic) bond motifs is 1. The van der Waals surface area contributed by atoms with E-state index in [0.717, 1.165) is 16.5 Å². The summed E-state index contributed by atoms with van der Waals surface area (Å²) in [5.74, 6) is -0.834. The van der Waals surface area contributed by atoms with Crippen LogP contribution >= 0.6 is 0 Å². The first-order valence-corrected chi connectivity index (χ1v) is 5.82. The molecule has 1 N–H and O–H groups in total. The highest BCUT2D eigenvalue weighted by atomic mass is 16.5. The summed E-state index contributed by atoms with van der Waals surface area (Å²) in [6.07, 6.45) is 1.50. The molecular weight excluding hydrogens is 244 g/mol. The molecule has 1 aromatic heterocycles. The molecule has 98 valence electrons. The maximum Gasteiger partial charge on any atom is 0.325 e. The fourth-order valence-electron chi connectivity index (χ4n) is 1.76. The minimum Gasteiger partial charge on any atom is -0.468 e. The molecule has 5 heteroatoms. The lowest BCUT2D eigenvalue weighted by molar-refractivity contribution is -0.139. The van der Waals surface area contributed by atoms with Crippen LogP contribution in [0.1, 0.15) is 15.9 Å². The Morgan fingerprint density at radius 1 is 1.37 bits per heavy atom. The number of hydrogen-bond donors (Lipinski definition) is 1. The number of hydrogen-bond acceptors (Lipinski definition) is 4. The molecule has 0 unspecified atom stereocenters. The maximum absolute atomic E-state index is 11.8. The summed E-state index contributed by atoms with van der Waals surface area (Å²) in [6.45, 7) is 1.81. The first kappa shape index (κ1) is 13.0. The van der Waals surface area contributed by atoms with Gasteiger partial charge in [0, 0.05) is 11.6 Å². The van der Waals surface area contributed by atoms with Gasteiger partial charge in [-0.15, -0.1) is 0 Å². The second-order valence-corrected chi connectivity index (χ2v) is 4.13. The van der Waals surface area contributed by atoms with Gasteiger partial charge in [0.15, 0.2) is 0 Å². The van der Waals surface area contributed by atoms with E-state index in [4.69, 9.17) is 0 Å². The van der Waals surface area contributed by atoms with Crippen molar-refractivity contribution < 1.29 is 14.3 Å². The monoisotopic (exact) mass is 258 g/mol. The van der Waals surface area contributed by atoms with Crippen LogP contribution in [0.2, 0.25) is 0 Å². The van der Waals surface area contributed by atoms with Crippen molar-refractivity contribution in [1.29, 1.82) is 0 Å². The van der Waals surface area contributed by atoms with Gasteiger partial charge < -0.3 is 10.1 Å². The molecule has 0 atom stereocenters. The van der Waals surface area contributed by atoms with Crippen molar-refractivity contribution in [3.8, 4) is 0 Å². The molecule has 19 heavy (non-hydrogen) atoms. The van der Waals surface area contributed by atoms with Gasteiger partial charge in [-0.25, -0.2) is 0 Å². The van der Waals surface area contributed by atoms with Gasteiger partial charge in [-0.1, -0.05) is 18.2 Å². The van der Waals surface area contributed by atoms with E-state index < -0.39 is 5.97 Å². The van der Waals surface area contributed by atoms with Gasteiger partial charge in [-0.2, -0.15) is 0 Å². The van der Waals surface area contributed by atoms with E-state index >= 15 is 0 Å². The summed E-state index contributed by atoms with van der Waals surface area (Å²) >= 11 is 0. The van der Waals surface area contributed by atoms with E-state index in [1.54, 1.807) is 6.07 Å². The van der Waals surface area contributed by atoms with Gasteiger partial charge in [-0.3, -0.25) is 14.6 Å². The average Bonchev–Trinajstić information content (AvgIpc) is 2.44. The molecule has 2 rings (SSSR count).